The van der Waals surface area contributed by atoms with Crippen molar-refractivity contribution in [2.75, 3.05) is 0 Å². The van der Waals surface area contributed by atoms with E-state index in [1.165, 1.54) is 20.8 Å². The number of esters is 4. The zero-order valence-corrected chi connectivity index (χ0v) is 22.1. The summed E-state index contributed by atoms with van der Waals surface area (Å²) in [5.41, 5.74) is -4.41. The molecule has 1 spiro atoms. The number of carbonyl (C=O) groups is 4. The first kappa shape index (κ1) is 26.1. The van der Waals surface area contributed by atoms with E-state index in [4.69, 9.17) is 28.4 Å². The molecule has 3 saturated heterocycles. The number of epoxide rings is 2. The molecule has 0 aromatic rings. The number of ether oxygens (including phenoxy) is 6. The Hall–Kier alpha value is -2.50. The van der Waals surface area contributed by atoms with Crippen LogP contribution in [0, 0.1) is 11.3 Å². The number of fused-ring (bicyclic) bond motifs is 3. The average Bonchev–Trinajstić information content (AvgIpc) is 3.60. The highest BCUT2D eigenvalue weighted by Gasteiger charge is 2.89. The van der Waals surface area contributed by atoms with Crippen molar-refractivity contribution in [1.29, 1.82) is 0 Å². The van der Waals surface area contributed by atoms with Crippen molar-refractivity contribution in [3.05, 3.63) is 11.6 Å². The third-order valence-corrected chi connectivity index (χ3v) is 9.10. The van der Waals surface area contributed by atoms with Crippen LogP contribution < -0.4 is 0 Å². The van der Waals surface area contributed by atoms with Gasteiger partial charge in [-0.25, -0.2) is 4.79 Å². The largest absolute Gasteiger partial charge is 0.462 e. The zero-order chi connectivity index (χ0) is 27.3. The number of aliphatic hydroxyl groups excluding tert-OH is 1. The lowest BCUT2D eigenvalue weighted by molar-refractivity contribution is -0.220. The molecule has 1 N–H and O–H groups in total. The molecule has 5 rings (SSSR count). The van der Waals surface area contributed by atoms with Crippen molar-refractivity contribution >= 4 is 23.9 Å². The van der Waals surface area contributed by atoms with Gasteiger partial charge in [0.15, 0.2) is 17.3 Å². The number of carbonyl (C=O) groups excluding carboxylic acids is 4. The maximum absolute atomic E-state index is 13.0. The third kappa shape index (κ3) is 3.50. The van der Waals surface area contributed by atoms with E-state index in [1.807, 2.05) is 6.92 Å². The van der Waals surface area contributed by atoms with E-state index in [1.54, 1.807) is 26.8 Å². The first-order chi connectivity index (χ1) is 17.1. The van der Waals surface area contributed by atoms with E-state index < -0.39 is 82.5 Å². The summed E-state index contributed by atoms with van der Waals surface area (Å²) >= 11 is 0. The summed E-state index contributed by atoms with van der Waals surface area (Å²) in [5.74, 6) is -3.23. The summed E-state index contributed by atoms with van der Waals surface area (Å²) in [7, 11) is 0. The van der Waals surface area contributed by atoms with Gasteiger partial charge in [-0.1, -0.05) is 12.5 Å². The highest BCUT2D eigenvalue weighted by molar-refractivity contribution is 5.89. The molecule has 0 aromatic heterocycles. The van der Waals surface area contributed by atoms with Crippen LogP contribution in [0.4, 0.5) is 0 Å². The topological polar surface area (TPSA) is 150 Å². The molecule has 3 heterocycles. The fourth-order valence-electron chi connectivity index (χ4n) is 7.34. The van der Waals surface area contributed by atoms with Crippen LogP contribution >= 0.6 is 0 Å². The van der Waals surface area contributed by atoms with E-state index in [2.05, 4.69) is 0 Å². The average molecular weight is 523 g/mol. The Labute approximate surface area is 214 Å². The van der Waals surface area contributed by atoms with Crippen molar-refractivity contribution in [2.24, 2.45) is 11.3 Å². The Morgan fingerprint density at radius 3 is 2.22 bits per heavy atom. The van der Waals surface area contributed by atoms with E-state index in [0.717, 1.165) is 0 Å². The van der Waals surface area contributed by atoms with Crippen LogP contribution in [0.3, 0.4) is 0 Å². The number of hydrogen-bond donors (Lipinski definition) is 1. The van der Waals surface area contributed by atoms with E-state index in [9.17, 15) is 24.3 Å². The monoisotopic (exact) mass is 522 g/mol. The van der Waals surface area contributed by atoms with Gasteiger partial charge in [0.1, 0.15) is 24.4 Å². The molecule has 0 amide bonds. The Kier molecular flexibility index (Phi) is 5.65. The minimum Gasteiger partial charge on any atom is -0.462 e. The number of hydrogen-bond acceptors (Lipinski definition) is 11. The highest BCUT2D eigenvalue weighted by atomic mass is 16.7. The summed E-state index contributed by atoms with van der Waals surface area (Å²) in [6.45, 7) is 10.7. The second-order valence-electron chi connectivity index (χ2n) is 11.6. The summed E-state index contributed by atoms with van der Waals surface area (Å²) in [4.78, 5) is 49.8. The van der Waals surface area contributed by atoms with Gasteiger partial charge in [-0.15, -0.1) is 0 Å². The van der Waals surface area contributed by atoms with Crippen LogP contribution in [-0.4, -0.2) is 82.4 Å². The Morgan fingerprint density at radius 1 is 1.03 bits per heavy atom. The summed E-state index contributed by atoms with van der Waals surface area (Å²) in [6, 6.07) is 0. The van der Waals surface area contributed by atoms with Crippen LogP contribution in [0.15, 0.2) is 11.6 Å². The molecular formula is C26H34O11. The number of rotatable bonds is 3. The third-order valence-electron chi connectivity index (χ3n) is 9.10. The minimum atomic E-state index is -1.40. The molecule has 11 atom stereocenters. The fraction of sp³-hybridized carbons (Fsp3) is 0.769. The molecule has 2 aliphatic carbocycles. The Balaban J connectivity index is 1.76. The van der Waals surface area contributed by atoms with Gasteiger partial charge in [0.25, 0.3) is 0 Å². The smallest absolute Gasteiger partial charge is 0.342 e. The minimum absolute atomic E-state index is 0.121. The normalized spacial score (nSPS) is 51.0. The van der Waals surface area contributed by atoms with Gasteiger partial charge in [-0.2, -0.15) is 0 Å². The van der Waals surface area contributed by atoms with Crippen molar-refractivity contribution in [2.45, 2.75) is 115 Å². The van der Waals surface area contributed by atoms with Crippen molar-refractivity contribution in [1.82, 2.24) is 0 Å². The molecule has 1 unspecified atom stereocenters. The Bertz CT molecular complexity index is 1100. The van der Waals surface area contributed by atoms with Crippen molar-refractivity contribution < 1.29 is 52.7 Å². The molecule has 204 valence electrons. The van der Waals surface area contributed by atoms with Gasteiger partial charge in [-0.05, 0) is 26.8 Å². The molecule has 1 saturated carbocycles. The summed E-state index contributed by atoms with van der Waals surface area (Å²) in [6.07, 6.45) is -3.62. The zero-order valence-electron chi connectivity index (χ0n) is 22.1. The predicted molar refractivity (Wildman–Crippen MR) is 123 cm³/mol. The van der Waals surface area contributed by atoms with E-state index in [-0.39, 0.29) is 18.9 Å². The van der Waals surface area contributed by atoms with Gasteiger partial charge in [0.05, 0.1) is 11.7 Å². The molecule has 0 bridgehead atoms. The highest BCUT2D eigenvalue weighted by Crippen LogP contribution is 2.69. The first-order valence-corrected chi connectivity index (χ1v) is 12.6. The van der Waals surface area contributed by atoms with Gasteiger partial charge >= 0.3 is 23.9 Å². The standard InChI is InChI=1S/C26H34O11/c1-11-8-15(32-12(2)27)20(30)23(5)16(33-13(3)28)10-17-24(6,36-17)19(23)21(34-14(4)29)26-18(9-11)35-22(31)25(26,7)37-26/h9,15-21,30H,8,10H2,1-7H3/b11-9-/t15-,16+,17+,18+,19-,20+,21?,23+,24+,25-,26-/m1/s1. The second-order valence-corrected chi connectivity index (χ2v) is 11.6. The maximum Gasteiger partial charge on any atom is 0.342 e. The molecule has 0 radical (unpaired) electrons. The fourth-order valence-corrected chi connectivity index (χ4v) is 7.34. The quantitative estimate of drug-likeness (QED) is 0.246. The van der Waals surface area contributed by atoms with Crippen LogP contribution in [0.5, 0.6) is 0 Å². The van der Waals surface area contributed by atoms with Crippen molar-refractivity contribution in [3.8, 4) is 0 Å². The summed E-state index contributed by atoms with van der Waals surface area (Å²) < 4.78 is 35.4. The van der Waals surface area contributed by atoms with Gasteiger partial charge in [-0.3, -0.25) is 14.4 Å². The Morgan fingerprint density at radius 2 is 1.65 bits per heavy atom. The van der Waals surface area contributed by atoms with Crippen molar-refractivity contribution in [3.63, 3.8) is 0 Å². The van der Waals surface area contributed by atoms with Crippen LogP contribution in [-0.2, 0) is 47.6 Å². The SMILES string of the molecule is CC(=O)OC1[C@H]2[C@@]3(C)O[C@H]3C[C@H](OC(C)=O)[C@]2(C)[C@@H](O)[C@H](OC(C)=O)C/C(C)=C\[C@@H]2OC(=O)[C@@]3(C)O[C@@]123. The van der Waals surface area contributed by atoms with E-state index in [0.29, 0.717) is 5.57 Å². The molecule has 11 heteroatoms. The molecular weight excluding hydrogens is 488 g/mol. The van der Waals surface area contributed by atoms with Crippen LogP contribution in [0.1, 0.15) is 61.3 Å². The lowest BCUT2D eigenvalue weighted by atomic mass is 9.53. The maximum atomic E-state index is 13.0. The lowest BCUT2D eigenvalue weighted by Gasteiger charge is -2.54. The number of aliphatic hydroxyl groups is 1. The van der Waals surface area contributed by atoms with Crippen LogP contribution in [0.25, 0.3) is 0 Å². The van der Waals surface area contributed by atoms with E-state index >= 15 is 0 Å². The summed E-state index contributed by atoms with van der Waals surface area (Å²) in [5, 5.41) is 12.0. The van der Waals surface area contributed by atoms with Gasteiger partial charge < -0.3 is 33.5 Å². The first-order valence-electron chi connectivity index (χ1n) is 12.6. The molecule has 0 aromatic carbocycles. The van der Waals surface area contributed by atoms with Crippen LogP contribution in [0.2, 0.25) is 0 Å². The lowest BCUT2D eigenvalue weighted by Crippen LogP contribution is -2.67. The van der Waals surface area contributed by atoms with Gasteiger partial charge in [0, 0.05) is 44.9 Å². The molecule has 5 aliphatic rings. The molecule has 11 nitrogen and oxygen atoms in total. The van der Waals surface area contributed by atoms with Gasteiger partial charge in [0.2, 0.25) is 0 Å². The molecule has 4 fully saturated rings. The molecule has 3 aliphatic heterocycles. The molecule has 37 heavy (non-hydrogen) atoms. The predicted octanol–water partition coefficient (Wildman–Crippen LogP) is 1.13. The second kappa shape index (κ2) is 8.00.